The second-order valence-electron chi connectivity index (χ2n) is 4.31. The lowest BCUT2D eigenvalue weighted by Crippen LogP contribution is -1.94. The van der Waals surface area contributed by atoms with E-state index < -0.39 is 0 Å². The highest BCUT2D eigenvalue weighted by atomic mass is 19.1. The molecule has 0 fully saturated rings. The SMILES string of the molecule is Fc1ccc(-n2cc3cc4c(cc3n2)OCO4)cc1. The Morgan fingerprint density at radius 1 is 1.05 bits per heavy atom. The molecule has 0 bridgehead atoms. The fourth-order valence-electron chi connectivity index (χ4n) is 2.14. The van der Waals surface area contributed by atoms with Crippen LogP contribution in [0.3, 0.4) is 0 Å². The lowest BCUT2D eigenvalue weighted by molar-refractivity contribution is 0.174. The number of fused-ring (bicyclic) bond motifs is 2. The molecule has 0 amide bonds. The molecule has 2 heterocycles. The van der Waals surface area contributed by atoms with Crippen molar-refractivity contribution in [1.29, 1.82) is 0 Å². The number of rotatable bonds is 1. The van der Waals surface area contributed by atoms with Gasteiger partial charge in [0, 0.05) is 17.6 Å². The van der Waals surface area contributed by atoms with Crippen molar-refractivity contribution in [3.8, 4) is 17.2 Å². The van der Waals surface area contributed by atoms with Crippen LogP contribution in [0.4, 0.5) is 4.39 Å². The molecule has 0 N–H and O–H groups in total. The fourth-order valence-corrected chi connectivity index (χ4v) is 2.14. The Morgan fingerprint density at radius 3 is 2.58 bits per heavy atom. The largest absolute Gasteiger partial charge is 0.454 e. The summed E-state index contributed by atoms with van der Waals surface area (Å²) in [4.78, 5) is 0. The minimum absolute atomic E-state index is 0.250. The first-order valence-electron chi connectivity index (χ1n) is 5.84. The summed E-state index contributed by atoms with van der Waals surface area (Å²) in [5, 5.41) is 5.40. The summed E-state index contributed by atoms with van der Waals surface area (Å²) in [6, 6.07) is 9.92. The van der Waals surface area contributed by atoms with Crippen molar-refractivity contribution in [3.63, 3.8) is 0 Å². The zero-order valence-electron chi connectivity index (χ0n) is 9.84. The van der Waals surface area contributed by atoms with E-state index in [4.69, 9.17) is 9.47 Å². The molecule has 0 saturated carbocycles. The van der Waals surface area contributed by atoms with Crippen molar-refractivity contribution in [1.82, 2.24) is 9.78 Å². The predicted octanol–water partition coefficient (Wildman–Crippen LogP) is 2.89. The van der Waals surface area contributed by atoms with E-state index >= 15 is 0 Å². The van der Waals surface area contributed by atoms with Gasteiger partial charge in [-0.2, -0.15) is 5.10 Å². The highest BCUT2D eigenvalue weighted by molar-refractivity contribution is 5.83. The van der Waals surface area contributed by atoms with Gasteiger partial charge in [0.1, 0.15) is 5.82 Å². The summed E-state index contributed by atoms with van der Waals surface area (Å²) in [7, 11) is 0. The molecule has 0 unspecified atom stereocenters. The molecule has 4 nitrogen and oxygen atoms in total. The molecule has 0 atom stereocenters. The summed E-state index contributed by atoms with van der Waals surface area (Å²) < 4.78 is 25.3. The van der Waals surface area contributed by atoms with E-state index in [2.05, 4.69) is 5.10 Å². The molecule has 1 aliphatic heterocycles. The summed E-state index contributed by atoms with van der Waals surface area (Å²) in [5.41, 5.74) is 1.62. The fraction of sp³-hybridized carbons (Fsp3) is 0.0714. The Kier molecular flexibility index (Phi) is 2.03. The van der Waals surface area contributed by atoms with Crippen LogP contribution in [0.25, 0.3) is 16.6 Å². The summed E-state index contributed by atoms with van der Waals surface area (Å²) in [5.74, 6) is 1.17. The monoisotopic (exact) mass is 256 g/mol. The van der Waals surface area contributed by atoms with Crippen molar-refractivity contribution in [2.75, 3.05) is 6.79 Å². The van der Waals surface area contributed by atoms with Crippen LogP contribution < -0.4 is 9.47 Å². The molecule has 94 valence electrons. The average Bonchev–Trinajstić information content (AvgIpc) is 3.01. The molecular weight excluding hydrogens is 247 g/mol. The van der Waals surface area contributed by atoms with Gasteiger partial charge in [-0.3, -0.25) is 0 Å². The van der Waals surface area contributed by atoms with E-state index in [0.29, 0.717) is 5.75 Å². The number of hydrogen-bond donors (Lipinski definition) is 0. The zero-order valence-corrected chi connectivity index (χ0v) is 9.84. The van der Waals surface area contributed by atoms with Gasteiger partial charge in [-0.15, -0.1) is 0 Å². The molecule has 0 spiro atoms. The predicted molar refractivity (Wildman–Crippen MR) is 67.2 cm³/mol. The van der Waals surface area contributed by atoms with Crippen LogP contribution in [0.15, 0.2) is 42.6 Å². The van der Waals surface area contributed by atoms with Gasteiger partial charge in [-0.25, -0.2) is 9.07 Å². The van der Waals surface area contributed by atoms with Crippen LogP contribution in [0.1, 0.15) is 0 Å². The standard InChI is InChI=1S/C14H9FN2O2/c15-10-1-3-11(4-2-10)17-7-9-5-13-14(19-8-18-13)6-12(9)16-17/h1-7H,8H2. The third-order valence-electron chi connectivity index (χ3n) is 3.09. The Hall–Kier alpha value is -2.56. The van der Waals surface area contributed by atoms with Crippen molar-refractivity contribution in [2.24, 2.45) is 0 Å². The lowest BCUT2D eigenvalue weighted by atomic mass is 10.2. The highest BCUT2D eigenvalue weighted by Crippen LogP contribution is 2.35. The van der Waals surface area contributed by atoms with Crippen LogP contribution in [0.5, 0.6) is 11.5 Å². The van der Waals surface area contributed by atoms with Gasteiger partial charge in [0.15, 0.2) is 11.5 Å². The van der Waals surface area contributed by atoms with Crippen LogP contribution in [0, 0.1) is 5.82 Å². The number of nitrogens with zero attached hydrogens (tertiary/aromatic N) is 2. The minimum atomic E-state index is -0.263. The van der Waals surface area contributed by atoms with Crippen LogP contribution >= 0.6 is 0 Å². The molecule has 3 aromatic rings. The molecule has 0 radical (unpaired) electrons. The molecule has 19 heavy (non-hydrogen) atoms. The molecular formula is C14H9FN2O2. The topological polar surface area (TPSA) is 36.3 Å². The van der Waals surface area contributed by atoms with Gasteiger partial charge in [0.05, 0.1) is 11.2 Å². The Morgan fingerprint density at radius 2 is 1.79 bits per heavy atom. The number of halogens is 1. The third-order valence-corrected chi connectivity index (χ3v) is 3.09. The van der Waals surface area contributed by atoms with Crippen molar-refractivity contribution < 1.29 is 13.9 Å². The maximum atomic E-state index is 12.9. The molecule has 0 saturated heterocycles. The normalized spacial score (nSPS) is 13.1. The molecule has 0 aliphatic carbocycles. The van der Waals surface area contributed by atoms with Gasteiger partial charge < -0.3 is 9.47 Å². The number of hydrogen-bond acceptors (Lipinski definition) is 3. The number of aromatic nitrogens is 2. The molecule has 5 heteroatoms. The zero-order chi connectivity index (χ0) is 12.8. The Labute approximate surface area is 108 Å². The summed E-state index contributed by atoms with van der Waals surface area (Å²) in [6.07, 6.45) is 1.88. The van der Waals surface area contributed by atoms with E-state index in [1.165, 1.54) is 12.1 Å². The average molecular weight is 256 g/mol. The van der Waals surface area contributed by atoms with Crippen molar-refractivity contribution in [2.45, 2.75) is 0 Å². The van der Waals surface area contributed by atoms with Gasteiger partial charge in [0.25, 0.3) is 0 Å². The Bertz CT molecular complexity index is 724. The summed E-state index contributed by atoms with van der Waals surface area (Å²) >= 11 is 0. The van der Waals surface area contributed by atoms with Crippen LogP contribution in [0.2, 0.25) is 0 Å². The molecule has 1 aliphatic rings. The third kappa shape index (κ3) is 1.62. The smallest absolute Gasteiger partial charge is 0.231 e. The van der Waals surface area contributed by atoms with E-state index in [1.54, 1.807) is 16.8 Å². The Balaban J connectivity index is 1.86. The van der Waals surface area contributed by atoms with Crippen molar-refractivity contribution >= 4 is 10.9 Å². The maximum Gasteiger partial charge on any atom is 0.231 e. The van der Waals surface area contributed by atoms with E-state index in [1.807, 2.05) is 18.3 Å². The minimum Gasteiger partial charge on any atom is -0.454 e. The number of ether oxygens (including phenoxy) is 2. The second kappa shape index (κ2) is 3.71. The first-order chi connectivity index (χ1) is 9.29. The second-order valence-corrected chi connectivity index (χ2v) is 4.31. The van der Waals surface area contributed by atoms with Crippen LogP contribution in [-0.2, 0) is 0 Å². The van der Waals surface area contributed by atoms with E-state index in [-0.39, 0.29) is 12.6 Å². The van der Waals surface area contributed by atoms with E-state index in [0.717, 1.165) is 22.3 Å². The molecule has 4 rings (SSSR count). The van der Waals surface area contributed by atoms with E-state index in [9.17, 15) is 4.39 Å². The first kappa shape index (κ1) is 10.4. The number of benzene rings is 2. The quantitative estimate of drug-likeness (QED) is 0.671. The highest BCUT2D eigenvalue weighted by Gasteiger charge is 2.15. The van der Waals surface area contributed by atoms with Gasteiger partial charge in [-0.05, 0) is 30.3 Å². The molecule has 1 aromatic heterocycles. The lowest BCUT2D eigenvalue weighted by Gasteiger charge is -1.99. The van der Waals surface area contributed by atoms with Gasteiger partial charge >= 0.3 is 0 Å². The molecule has 2 aromatic carbocycles. The van der Waals surface area contributed by atoms with Gasteiger partial charge in [-0.1, -0.05) is 0 Å². The van der Waals surface area contributed by atoms with Crippen molar-refractivity contribution in [3.05, 3.63) is 48.4 Å². The van der Waals surface area contributed by atoms with Gasteiger partial charge in [0.2, 0.25) is 6.79 Å². The van der Waals surface area contributed by atoms with Crippen LogP contribution in [-0.4, -0.2) is 16.6 Å². The maximum absolute atomic E-state index is 12.9. The first-order valence-corrected chi connectivity index (χ1v) is 5.84. The summed E-state index contributed by atoms with van der Waals surface area (Å²) in [6.45, 7) is 0.250.